The van der Waals surface area contributed by atoms with E-state index in [1.165, 1.54) is 0 Å². The van der Waals surface area contributed by atoms with E-state index in [-0.39, 0.29) is 5.91 Å². The van der Waals surface area contributed by atoms with Gasteiger partial charge in [-0.25, -0.2) is 4.98 Å². The second-order valence-electron chi connectivity index (χ2n) is 4.83. The quantitative estimate of drug-likeness (QED) is 0.755. The van der Waals surface area contributed by atoms with Gasteiger partial charge in [-0.2, -0.15) is 5.10 Å². The van der Waals surface area contributed by atoms with Crippen LogP contribution in [0.4, 0.5) is 5.69 Å². The summed E-state index contributed by atoms with van der Waals surface area (Å²) in [7, 11) is 1.63. The maximum absolute atomic E-state index is 12.2. The molecule has 0 unspecified atom stereocenters. The van der Waals surface area contributed by atoms with Crippen molar-refractivity contribution in [2.45, 2.75) is 6.54 Å². The van der Waals surface area contributed by atoms with Gasteiger partial charge in [-0.15, -0.1) is 11.3 Å². The van der Waals surface area contributed by atoms with Gasteiger partial charge in [0, 0.05) is 36.1 Å². The Morgan fingerprint density at radius 3 is 2.83 bits per heavy atom. The van der Waals surface area contributed by atoms with E-state index >= 15 is 0 Å². The Hall–Kier alpha value is -2.51. The molecule has 0 aliphatic heterocycles. The van der Waals surface area contributed by atoms with Crippen molar-refractivity contribution in [3.8, 4) is 10.6 Å². The zero-order chi connectivity index (χ0) is 16.1. The molecule has 118 valence electrons. The minimum Gasteiger partial charge on any atom is -0.383 e. The van der Waals surface area contributed by atoms with Gasteiger partial charge < -0.3 is 10.1 Å². The summed E-state index contributed by atoms with van der Waals surface area (Å²) in [4.78, 5) is 16.4. The number of hydrogen-bond donors (Lipinski definition) is 1. The Morgan fingerprint density at radius 1 is 1.30 bits per heavy atom. The Kier molecular flexibility index (Phi) is 4.80. The molecule has 3 rings (SSSR count). The Morgan fingerprint density at radius 2 is 2.13 bits per heavy atom. The van der Waals surface area contributed by atoms with Crippen LogP contribution in [0.2, 0.25) is 0 Å². The lowest BCUT2D eigenvalue weighted by atomic mass is 10.2. The summed E-state index contributed by atoms with van der Waals surface area (Å²) in [5.74, 6) is -0.233. The number of amides is 1. The van der Waals surface area contributed by atoms with Gasteiger partial charge in [0.2, 0.25) is 0 Å². The summed E-state index contributed by atoms with van der Waals surface area (Å²) in [5, 5.41) is 9.95. The van der Waals surface area contributed by atoms with Gasteiger partial charge in [-0.05, 0) is 30.3 Å². The van der Waals surface area contributed by atoms with Crippen LogP contribution < -0.4 is 5.32 Å². The molecule has 2 aromatic heterocycles. The molecule has 7 heteroatoms. The van der Waals surface area contributed by atoms with Gasteiger partial charge in [0.05, 0.1) is 13.2 Å². The molecular weight excluding hydrogens is 312 g/mol. The number of methoxy groups -OCH3 is 1. The van der Waals surface area contributed by atoms with Gasteiger partial charge in [0.1, 0.15) is 5.01 Å². The topological polar surface area (TPSA) is 69.0 Å². The highest BCUT2D eigenvalue weighted by Crippen LogP contribution is 2.23. The zero-order valence-electron chi connectivity index (χ0n) is 12.6. The molecule has 0 bridgehead atoms. The molecule has 2 heterocycles. The second-order valence-corrected chi connectivity index (χ2v) is 5.72. The first-order chi connectivity index (χ1) is 11.3. The van der Waals surface area contributed by atoms with E-state index in [2.05, 4.69) is 15.4 Å². The van der Waals surface area contributed by atoms with E-state index in [0.717, 1.165) is 16.3 Å². The minimum absolute atomic E-state index is 0.233. The molecule has 0 atom stereocenters. The number of carbonyl (C=O) groups is 1. The molecule has 0 radical (unpaired) electrons. The second kappa shape index (κ2) is 7.17. The van der Waals surface area contributed by atoms with E-state index in [4.69, 9.17) is 4.74 Å². The molecule has 6 nitrogen and oxygen atoms in total. The van der Waals surface area contributed by atoms with Crippen LogP contribution in [-0.2, 0) is 11.3 Å². The summed E-state index contributed by atoms with van der Waals surface area (Å²) in [6.45, 7) is 1.17. The Labute approximate surface area is 137 Å². The van der Waals surface area contributed by atoms with Crippen LogP contribution in [0.15, 0.2) is 48.1 Å². The number of anilines is 1. The summed E-state index contributed by atoms with van der Waals surface area (Å²) in [6, 6.07) is 9.28. The summed E-state index contributed by atoms with van der Waals surface area (Å²) >= 11 is 1.58. The van der Waals surface area contributed by atoms with E-state index in [9.17, 15) is 4.79 Å². The fraction of sp³-hybridized carbons (Fsp3) is 0.188. The number of rotatable bonds is 6. The van der Waals surface area contributed by atoms with Crippen LogP contribution in [0.25, 0.3) is 10.6 Å². The Balaban J connectivity index is 1.64. The lowest BCUT2D eigenvalue weighted by Crippen LogP contribution is -2.14. The number of thiazole rings is 1. The maximum atomic E-state index is 12.2. The molecule has 23 heavy (non-hydrogen) atoms. The van der Waals surface area contributed by atoms with Crippen molar-refractivity contribution in [2.24, 2.45) is 0 Å². The standard InChI is InChI=1S/C16H16N4O2S/c1-22-10-9-20-8-6-14(19-20)15(21)18-13-4-2-12(3-5-13)16-17-7-11-23-16/h2-8,11H,9-10H2,1H3,(H,18,21). The van der Waals surface area contributed by atoms with Crippen LogP contribution in [0.5, 0.6) is 0 Å². The van der Waals surface area contributed by atoms with Crippen molar-refractivity contribution in [1.29, 1.82) is 0 Å². The third-order valence-electron chi connectivity index (χ3n) is 3.22. The molecule has 0 spiro atoms. The van der Waals surface area contributed by atoms with Crippen LogP contribution in [0.1, 0.15) is 10.5 Å². The summed E-state index contributed by atoms with van der Waals surface area (Å²) in [6.07, 6.45) is 3.54. The summed E-state index contributed by atoms with van der Waals surface area (Å²) in [5.41, 5.74) is 2.13. The number of ether oxygens (including phenoxy) is 1. The molecule has 0 saturated heterocycles. The van der Waals surface area contributed by atoms with Crippen molar-refractivity contribution >= 4 is 22.9 Å². The normalized spacial score (nSPS) is 10.7. The van der Waals surface area contributed by atoms with Crippen molar-refractivity contribution in [3.63, 3.8) is 0 Å². The van der Waals surface area contributed by atoms with Gasteiger partial charge in [-0.1, -0.05) is 0 Å². The molecule has 0 aliphatic carbocycles. The molecule has 0 aliphatic rings. The highest BCUT2D eigenvalue weighted by Gasteiger charge is 2.10. The average Bonchev–Trinajstić information content (AvgIpc) is 3.25. The van der Waals surface area contributed by atoms with Crippen LogP contribution in [-0.4, -0.2) is 34.4 Å². The van der Waals surface area contributed by atoms with Crippen LogP contribution in [0.3, 0.4) is 0 Å². The maximum Gasteiger partial charge on any atom is 0.276 e. The number of hydrogen-bond acceptors (Lipinski definition) is 5. The molecule has 0 saturated carbocycles. The minimum atomic E-state index is -0.233. The third kappa shape index (κ3) is 3.82. The third-order valence-corrected chi connectivity index (χ3v) is 4.04. The first-order valence-electron chi connectivity index (χ1n) is 7.10. The highest BCUT2D eigenvalue weighted by atomic mass is 32.1. The lowest BCUT2D eigenvalue weighted by Gasteiger charge is -2.04. The molecule has 1 N–H and O–H groups in total. The predicted molar refractivity (Wildman–Crippen MR) is 89.6 cm³/mol. The lowest BCUT2D eigenvalue weighted by molar-refractivity contribution is 0.102. The summed E-state index contributed by atoms with van der Waals surface area (Å²) < 4.78 is 6.67. The molecule has 0 fully saturated rings. The van der Waals surface area contributed by atoms with E-state index in [1.54, 1.807) is 41.6 Å². The van der Waals surface area contributed by atoms with Crippen LogP contribution in [0, 0.1) is 0 Å². The highest BCUT2D eigenvalue weighted by molar-refractivity contribution is 7.13. The van der Waals surface area contributed by atoms with E-state index in [1.807, 2.05) is 29.6 Å². The van der Waals surface area contributed by atoms with Crippen molar-refractivity contribution in [3.05, 3.63) is 53.8 Å². The van der Waals surface area contributed by atoms with E-state index < -0.39 is 0 Å². The number of benzene rings is 1. The predicted octanol–water partition coefficient (Wildman–Crippen LogP) is 2.91. The average molecular weight is 328 g/mol. The smallest absolute Gasteiger partial charge is 0.276 e. The van der Waals surface area contributed by atoms with Crippen molar-refractivity contribution in [2.75, 3.05) is 19.0 Å². The number of nitrogens with one attached hydrogen (secondary N) is 1. The van der Waals surface area contributed by atoms with Gasteiger partial charge in [0.25, 0.3) is 5.91 Å². The SMILES string of the molecule is COCCn1ccc(C(=O)Nc2ccc(-c3nccs3)cc2)n1. The zero-order valence-corrected chi connectivity index (χ0v) is 13.4. The van der Waals surface area contributed by atoms with Crippen LogP contribution >= 0.6 is 11.3 Å². The first-order valence-corrected chi connectivity index (χ1v) is 7.98. The molecule has 3 aromatic rings. The number of carbonyl (C=O) groups excluding carboxylic acids is 1. The van der Waals surface area contributed by atoms with Gasteiger partial charge in [-0.3, -0.25) is 9.48 Å². The van der Waals surface area contributed by atoms with Crippen molar-refractivity contribution < 1.29 is 9.53 Å². The number of nitrogens with zero attached hydrogens (tertiary/aromatic N) is 3. The molecule has 1 amide bonds. The fourth-order valence-electron chi connectivity index (χ4n) is 2.05. The Bertz CT molecular complexity index is 766. The molecule has 1 aromatic carbocycles. The monoisotopic (exact) mass is 328 g/mol. The van der Waals surface area contributed by atoms with Gasteiger partial charge in [0.15, 0.2) is 5.69 Å². The van der Waals surface area contributed by atoms with Crippen molar-refractivity contribution in [1.82, 2.24) is 14.8 Å². The van der Waals surface area contributed by atoms with Gasteiger partial charge >= 0.3 is 0 Å². The van der Waals surface area contributed by atoms with E-state index in [0.29, 0.717) is 18.8 Å². The first kappa shape index (κ1) is 15.4. The fourth-order valence-corrected chi connectivity index (χ4v) is 2.69. The molecular formula is C16H16N4O2S. The number of aromatic nitrogens is 3. The largest absolute Gasteiger partial charge is 0.383 e.